The molecule has 206 valence electrons. The number of nitrogens with zero attached hydrogens (tertiary/aromatic N) is 4. The highest BCUT2D eigenvalue weighted by atomic mass is 16.5. The molecule has 1 aliphatic rings. The van der Waals surface area contributed by atoms with Crippen LogP contribution in [0.15, 0.2) is 48.9 Å². The number of aromatic nitrogens is 2. The quantitative estimate of drug-likeness (QED) is 0.402. The van der Waals surface area contributed by atoms with E-state index in [4.69, 9.17) is 16.2 Å². The van der Waals surface area contributed by atoms with Gasteiger partial charge in [0.1, 0.15) is 17.6 Å². The second-order valence-electron chi connectivity index (χ2n) is 11.1. The maximum atomic E-state index is 13.5. The third-order valence-corrected chi connectivity index (χ3v) is 7.45. The van der Waals surface area contributed by atoms with E-state index in [9.17, 15) is 10.1 Å². The summed E-state index contributed by atoms with van der Waals surface area (Å²) in [5.74, 6) is 0.942. The fourth-order valence-electron chi connectivity index (χ4n) is 5.35. The monoisotopic (exact) mass is 528 g/mol. The average molecular weight is 529 g/mol. The van der Waals surface area contributed by atoms with Gasteiger partial charge in [-0.15, -0.1) is 0 Å². The number of nitriles is 1. The van der Waals surface area contributed by atoms with Crippen LogP contribution in [-0.4, -0.2) is 33.4 Å². The smallest absolute Gasteiger partial charge is 0.230 e. The Hall–Kier alpha value is -3.67. The summed E-state index contributed by atoms with van der Waals surface area (Å²) in [6.45, 7) is 7.51. The van der Waals surface area contributed by atoms with Crippen molar-refractivity contribution in [2.45, 2.75) is 70.4 Å². The summed E-state index contributed by atoms with van der Waals surface area (Å²) < 4.78 is 8.39. The summed E-state index contributed by atoms with van der Waals surface area (Å²) in [6.07, 6.45) is 7.79. The van der Waals surface area contributed by atoms with Gasteiger partial charge in [0.25, 0.3) is 0 Å². The lowest BCUT2D eigenvalue weighted by atomic mass is 9.88. The number of hydrogen-bond donors (Lipinski definition) is 2. The number of hydrogen-bond acceptors (Lipinski definition) is 6. The van der Waals surface area contributed by atoms with Crippen molar-refractivity contribution in [3.8, 4) is 17.6 Å². The molecule has 0 aliphatic carbocycles. The number of ether oxygens (including phenoxy) is 1. The highest BCUT2D eigenvalue weighted by molar-refractivity contribution is 5.84. The van der Waals surface area contributed by atoms with Crippen LogP contribution >= 0.6 is 0 Å². The van der Waals surface area contributed by atoms with Crippen molar-refractivity contribution < 1.29 is 9.53 Å². The zero-order chi connectivity index (χ0) is 28.2. The minimum Gasteiger partial charge on any atom is -0.456 e. The number of imidazole rings is 1. The van der Waals surface area contributed by atoms with Crippen LogP contribution in [0.5, 0.6) is 11.5 Å². The Morgan fingerprint density at radius 2 is 2.00 bits per heavy atom. The molecular weight excluding hydrogens is 488 g/mol. The number of rotatable bonds is 9. The lowest BCUT2D eigenvalue weighted by Crippen LogP contribution is -2.35. The van der Waals surface area contributed by atoms with E-state index in [1.165, 1.54) is 0 Å². The molecule has 3 aromatic rings. The predicted octanol–water partition coefficient (Wildman–Crippen LogP) is 5.03. The third-order valence-electron chi connectivity index (χ3n) is 7.45. The first-order valence-corrected chi connectivity index (χ1v) is 13.8. The molecule has 0 spiro atoms. The van der Waals surface area contributed by atoms with Gasteiger partial charge in [-0.05, 0) is 68.9 Å². The van der Waals surface area contributed by atoms with Gasteiger partial charge in [-0.1, -0.05) is 31.5 Å². The molecule has 2 atom stereocenters. The van der Waals surface area contributed by atoms with Gasteiger partial charge in [-0.25, -0.2) is 4.98 Å². The van der Waals surface area contributed by atoms with Crippen LogP contribution in [-0.2, 0) is 23.8 Å². The van der Waals surface area contributed by atoms with Gasteiger partial charge in [0.2, 0.25) is 5.91 Å². The molecule has 0 bridgehead atoms. The Kier molecular flexibility index (Phi) is 8.73. The van der Waals surface area contributed by atoms with Crippen molar-refractivity contribution in [1.29, 1.82) is 5.26 Å². The van der Waals surface area contributed by atoms with E-state index < -0.39 is 5.54 Å². The zero-order valence-corrected chi connectivity index (χ0v) is 23.5. The molecule has 39 heavy (non-hydrogen) atoms. The van der Waals surface area contributed by atoms with Crippen molar-refractivity contribution in [1.82, 2.24) is 14.5 Å². The molecule has 4 N–H and O–H groups in total. The molecule has 2 unspecified atom stereocenters. The Labute approximate surface area is 231 Å². The SMILES string of the molecule is CCCN1CCCCC(c2ccc(C(C)(C)N)c(Oc3cc(CC(N)c4cncn4C)ccc3C#N)c2)C1=O. The summed E-state index contributed by atoms with van der Waals surface area (Å²) in [4.78, 5) is 19.6. The Morgan fingerprint density at radius 3 is 2.67 bits per heavy atom. The highest BCUT2D eigenvalue weighted by Gasteiger charge is 2.30. The number of carbonyl (C=O) groups is 1. The molecule has 8 nitrogen and oxygen atoms in total. The maximum Gasteiger partial charge on any atom is 0.230 e. The molecule has 8 heteroatoms. The maximum absolute atomic E-state index is 13.5. The van der Waals surface area contributed by atoms with E-state index in [2.05, 4.69) is 18.0 Å². The van der Waals surface area contributed by atoms with Gasteiger partial charge >= 0.3 is 0 Å². The molecule has 1 saturated heterocycles. The van der Waals surface area contributed by atoms with Gasteiger partial charge in [0, 0.05) is 37.4 Å². The van der Waals surface area contributed by atoms with E-state index in [0.717, 1.165) is 61.2 Å². The summed E-state index contributed by atoms with van der Waals surface area (Å²) >= 11 is 0. The van der Waals surface area contributed by atoms with Crippen molar-refractivity contribution >= 4 is 5.91 Å². The largest absolute Gasteiger partial charge is 0.456 e. The molecule has 1 amide bonds. The number of benzene rings is 2. The van der Waals surface area contributed by atoms with E-state index in [0.29, 0.717) is 23.5 Å². The zero-order valence-electron chi connectivity index (χ0n) is 23.5. The summed E-state index contributed by atoms with van der Waals surface area (Å²) in [6, 6.07) is 13.4. The van der Waals surface area contributed by atoms with Crippen LogP contribution in [0.2, 0.25) is 0 Å². The minimum atomic E-state index is -0.693. The third kappa shape index (κ3) is 6.49. The van der Waals surface area contributed by atoms with Crippen molar-refractivity contribution in [3.63, 3.8) is 0 Å². The molecule has 1 fully saturated rings. The Balaban J connectivity index is 1.69. The topological polar surface area (TPSA) is 123 Å². The van der Waals surface area contributed by atoms with Crippen LogP contribution in [0.4, 0.5) is 0 Å². The normalized spacial score (nSPS) is 17.0. The van der Waals surface area contributed by atoms with E-state index >= 15 is 0 Å². The molecule has 1 aromatic heterocycles. The first-order valence-electron chi connectivity index (χ1n) is 13.8. The highest BCUT2D eigenvalue weighted by Crippen LogP contribution is 2.38. The summed E-state index contributed by atoms with van der Waals surface area (Å²) in [5.41, 5.74) is 16.3. The van der Waals surface area contributed by atoms with Gasteiger partial charge in [0.05, 0.1) is 29.5 Å². The molecule has 4 rings (SSSR count). The van der Waals surface area contributed by atoms with Crippen LogP contribution in [0.1, 0.15) is 86.4 Å². The van der Waals surface area contributed by atoms with Crippen LogP contribution in [0.25, 0.3) is 0 Å². The van der Waals surface area contributed by atoms with Crippen LogP contribution in [0, 0.1) is 11.3 Å². The minimum absolute atomic E-state index is 0.170. The van der Waals surface area contributed by atoms with Crippen molar-refractivity contribution in [3.05, 3.63) is 76.9 Å². The number of likely N-dealkylation sites (tertiary alicyclic amines) is 1. The van der Waals surface area contributed by atoms with E-state index in [-0.39, 0.29) is 17.9 Å². The molecule has 2 aromatic carbocycles. The first kappa shape index (κ1) is 28.3. The van der Waals surface area contributed by atoms with Gasteiger partial charge < -0.3 is 25.7 Å². The standard InChI is InChI=1S/C31H40N6O2/c1-5-13-37-14-7-6-8-24(30(37)38)22-11-12-25(31(2,3)34)29(17-22)39-28-16-21(9-10-23(28)18-32)15-26(33)27-19-35-20-36(27)4/h9-12,16-17,19-20,24,26H,5-8,13-15,33-34H2,1-4H3. The second kappa shape index (κ2) is 12.0. The van der Waals surface area contributed by atoms with Crippen LogP contribution < -0.4 is 16.2 Å². The Bertz CT molecular complexity index is 1350. The van der Waals surface area contributed by atoms with Crippen molar-refractivity contribution in [2.75, 3.05) is 13.1 Å². The van der Waals surface area contributed by atoms with Crippen molar-refractivity contribution in [2.24, 2.45) is 18.5 Å². The fraction of sp³-hybridized carbons (Fsp3) is 0.452. The van der Waals surface area contributed by atoms with Crippen LogP contribution in [0.3, 0.4) is 0 Å². The number of amides is 1. The molecule has 1 aliphatic heterocycles. The second-order valence-corrected chi connectivity index (χ2v) is 11.1. The molecule has 0 saturated carbocycles. The molecular formula is C31H40N6O2. The lowest BCUT2D eigenvalue weighted by molar-refractivity contribution is -0.132. The fourth-order valence-corrected chi connectivity index (χ4v) is 5.35. The Morgan fingerprint density at radius 1 is 1.21 bits per heavy atom. The molecule has 2 heterocycles. The lowest BCUT2D eigenvalue weighted by Gasteiger charge is -2.27. The van der Waals surface area contributed by atoms with Gasteiger partial charge in [-0.3, -0.25) is 4.79 Å². The predicted molar refractivity (Wildman–Crippen MR) is 152 cm³/mol. The number of carbonyl (C=O) groups excluding carboxylic acids is 1. The summed E-state index contributed by atoms with van der Waals surface area (Å²) in [7, 11) is 1.92. The van der Waals surface area contributed by atoms with E-state index in [1.807, 2.05) is 60.7 Å². The van der Waals surface area contributed by atoms with Gasteiger partial charge in [0.15, 0.2) is 0 Å². The summed E-state index contributed by atoms with van der Waals surface area (Å²) in [5, 5.41) is 9.85. The molecule has 0 radical (unpaired) electrons. The van der Waals surface area contributed by atoms with E-state index in [1.54, 1.807) is 18.6 Å². The number of nitrogens with two attached hydrogens (primary N) is 2. The average Bonchev–Trinajstić information content (AvgIpc) is 3.24. The number of aryl methyl sites for hydroxylation is 1. The van der Waals surface area contributed by atoms with Gasteiger partial charge in [-0.2, -0.15) is 5.26 Å². The first-order chi connectivity index (χ1) is 18.6.